The number of carbonyl (C=O) groups is 1. The minimum absolute atomic E-state index is 0.145. The number of piperidine rings is 1. The lowest BCUT2D eigenvalue weighted by Crippen LogP contribution is -2.43. The molecular weight excluding hydrogens is 460 g/mol. The number of aromatic nitrogens is 2. The summed E-state index contributed by atoms with van der Waals surface area (Å²) in [5.74, 6) is 0.143. The van der Waals surface area contributed by atoms with Crippen LogP contribution in [0.1, 0.15) is 24.0 Å². The van der Waals surface area contributed by atoms with Gasteiger partial charge in [-0.1, -0.05) is 48.0 Å². The van der Waals surface area contributed by atoms with E-state index >= 15 is 0 Å². The number of rotatable bonds is 5. The van der Waals surface area contributed by atoms with E-state index in [1.807, 2.05) is 62.4 Å². The summed E-state index contributed by atoms with van der Waals surface area (Å²) in [6.45, 7) is 4.52. The van der Waals surface area contributed by atoms with E-state index in [1.54, 1.807) is 18.2 Å². The van der Waals surface area contributed by atoms with Crippen molar-refractivity contribution in [1.82, 2.24) is 14.3 Å². The topological polar surface area (TPSA) is 95.2 Å². The maximum atomic E-state index is 13.5. The molecular formula is C27H28N4O3S. The van der Waals surface area contributed by atoms with Gasteiger partial charge in [0.15, 0.2) is 0 Å². The van der Waals surface area contributed by atoms with E-state index in [2.05, 4.69) is 15.3 Å². The molecule has 35 heavy (non-hydrogen) atoms. The standard InChI is InChI=1S/C27H28N4O3S/c1-18-10-12-23(19(2)15-18)30-27(32)21-9-6-14-31(17-21)35(33,34)22-11-13-24-25(16-22)29-26(28-24)20-7-4-3-5-8-20/h3-5,7-8,10-13,15-16,21H,6,9,14,17H2,1-2H3,(H,28,29)(H,30,32)/t21-/m1/s1. The molecule has 8 heteroatoms. The first-order chi connectivity index (χ1) is 16.8. The van der Waals surface area contributed by atoms with Crippen LogP contribution >= 0.6 is 0 Å². The highest BCUT2D eigenvalue weighted by molar-refractivity contribution is 7.89. The predicted octanol–water partition coefficient (Wildman–Crippen LogP) is 4.89. The zero-order valence-electron chi connectivity index (χ0n) is 19.8. The molecule has 1 aromatic heterocycles. The highest BCUT2D eigenvalue weighted by atomic mass is 32.2. The summed E-state index contributed by atoms with van der Waals surface area (Å²) < 4.78 is 28.4. The zero-order chi connectivity index (χ0) is 24.6. The molecule has 1 aliphatic heterocycles. The van der Waals surface area contributed by atoms with E-state index in [1.165, 1.54) is 4.31 Å². The Labute approximate surface area is 205 Å². The Morgan fingerprint density at radius 2 is 1.86 bits per heavy atom. The molecule has 5 rings (SSSR count). The SMILES string of the molecule is Cc1ccc(NC(=O)[C@@H]2CCCN(S(=O)(=O)c3ccc4nc(-c5ccccc5)[nH]c4c3)C2)c(C)c1. The van der Waals surface area contributed by atoms with Crippen LogP contribution < -0.4 is 5.32 Å². The minimum atomic E-state index is -3.76. The number of imidazole rings is 1. The molecule has 1 saturated heterocycles. The van der Waals surface area contributed by atoms with Crippen LogP contribution in [-0.4, -0.2) is 41.7 Å². The lowest BCUT2D eigenvalue weighted by molar-refractivity contribution is -0.120. The molecule has 2 N–H and O–H groups in total. The number of anilines is 1. The third kappa shape index (κ3) is 4.72. The van der Waals surface area contributed by atoms with Crippen LogP contribution in [0.25, 0.3) is 22.4 Å². The molecule has 0 bridgehead atoms. The van der Waals surface area contributed by atoms with Gasteiger partial charge in [-0.3, -0.25) is 4.79 Å². The third-order valence-corrected chi connectivity index (χ3v) is 8.39. The number of amides is 1. The van der Waals surface area contributed by atoms with Crippen LogP contribution in [0, 0.1) is 19.8 Å². The zero-order valence-corrected chi connectivity index (χ0v) is 20.6. The number of aryl methyl sites for hydroxylation is 2. The molecule has 0 radical (unpaired) electrons. The smallest absolute Gasteiger partial charge is 0.243 e. The number of carbonyl (C=O) groups excluding carboxylic acids is 1. The van der Waals surface area contributed by atoms with Crippen molar-refractivity contribution in [1.29, 1.82) is 0 Å². The van der Waals surface area contributed by atoms with Crippen LogP contribution in [0.5, 0.6) is 0 Å². The van der Waals surface area contributed by atoms with Crippen molar-refractivity contribution in [3.63, 3.8) is 0 Å². The average Bonchev–Trinajstić information content (AvgIpc) is 3.30. The number of benzene rings is 3. The number of hydrogen-bond acceptors (Lipinski definition) is 4. The van der Waals surface area contributed by atoms with Gasteiger partial charge in [0.2, 0.25) is 15.9 Å². The number of H-pyrrole nitrogens is 1. The summed E-state index contributed by atoms with van der Waals surface area (Å²) >= 11 is 0. The van der Waals surface area contributed by atoms with Crippen LogP contribution in [0.15, 0.2) is 71.6 Å². The van der Waals surface area contributed by atoms with E-state index in [-0.39, 0.29) is 17.3 Å². The highest BCUT2D eigenvalue weighted by Crippen LogP contribution is 2.28. The monoisotopic (exact) mass is 488 g/mol. The van der Waals surface area contributed by atoms with Crippen molar-refractivity contribution in [2.24, 2.45) is 5.92 Å². The second kappa shape index (κ2) is 9.28. The van der Waals surface area contributed by atoms with Crippen molar-refractivity contribution in [2.75, 3.05) is 18.4 Å². The minimum Gasteiger partial charge on any atom is -0.338 e. The molecule has 1 atom stereocenters. The van der Waals surface area contributed by atoms with Crippen molar-refractivity contribution in [3.8, 4) is 11.4 Å². The molecule has 1 fully saturated rings. The Kier molecular flexibility index (Phi) is 6.17. The molecule has 0 saturated carbocycles. The Morgan fingerprint density at radius 1 is 1.06 bits per heavy atom. The van der Waals surface area contributed by atoms with Gasteiger partial charge in [-0.2, -0.15) is 4.31 Å². The van der Waals surface area contributed by atoms with Crippen LogP contribution in [0.3, 0.4) is 0 Å². The molecule has 0 unspecified atom stereocenters. The van der Waals surface area contributed by atoms with Gasteiger partial charge in [0, 0.05) is 24.3 Å². The van der Waals surface area contributed by atoms with Crippen molar-refractivity contribution in [3.05, 3.63) is 77.9 Å². The number of hydrogen-bond donors (Lipinski definition) is 2. The summed E-state index contributed by atoms with van der Waals surface area (Å²) in [5, 5.41) is 2.99. The summed E-state index contributed by atoms with van der Waals surface area (Å²) in [7, 11) is -3.76. The molecule has 2 heterocycles. The van der Waals surface area contributed by atoms with Crippen LogP contribution in [0.4, 0.5) is 5.69 Å². The fourth-order valence-corrected chi connectivity index (χ4v) is 6.14. The van der Waals surface area contributed by atoms with E-state index < -0.39 is 15.9 Å². The van der Waals surface area contributed by atoms with Gasteiger partial charge in [-0.15, -0.1) is 0 Å². The van der Waals surface area contributed by atoms with Gasteiger partial charge in [-0.05, 0) is 56.5 Å². The van der Waals surface area contributed by atoms with Gasteiger partial charge in [0.25, 0.3) is 0 Å². The lowest BCUT2D eigenvalue weighted by Gasteiger charge is -2.31. The van der Waals surface area contributed by atoms with Gasteiger partial charge < -0.3 is 10.3 Å². The normalized spacial score (nSPS) is 16.9. The Hall–Kier alpha value is -3.49. The third-order valence-electron chi connectivity index (χ3n) is 6.53. The average molecular weight is 489 g/mol. The quantitative estimate of drug-likeness (QED) is 0.418. The molecule has 7 nitrogen and oxygen atoms in total. The number of fused-ring (bicyclic) bond motifs is 1. The Morgan fingerprint density at radius 3 is 2.63 bits per heavy atom. The summed E-state index contributed by atoms with van der Waals surface area (Å²) in [4.78, 5) is 21.0. The molecule has 0 aliphatic carbocycles. The van der Waals surface area contributed by atoms with Gasteiger partial charge >= 0.3 is 0 Å². The number of aromatic amines is 1. The number of sulfonamides is 1. The summed E-state index contributed by atoms with van der Waals surface area (Å²) in [6.07, 6.45) is 1.29. The number of nitrogens with one attached hydrogen (secondary N) is 2. The molecule has 1 amide bonds. The second-order valence-electron chi connectivity index (χ2n) is 9.14. The Bertz CT molecular complexity index is 1500. The maximum absolute atomic E-state index is 13.5. The van der Waals surface area contributed by atoms with Crippen LogP contribution in [0.2, 0.25) is 0 Å². The fraction of sp³-hybridized carbons (Fsp3) is 0.259. The van der Waals surface area contributed by atoms with E-state index in [4.69, 9.17) is 0 Å². The molecule has 4 aromatic rings. The summed E-state index contributed by atoms with van der Waals surface area (Å²) in [5.41, 5.74) is 5.17. The van der Waals surface area contributed by atoms with Gasteiger partial charge in [0.05, 0.1) is 21.8 Å². The molecule has 0 spiro atoms. The highest BCUT2D eigenvalue weighted by Gasteiger charge is 2.33. The first-order valence-electron chi connectivity index (χ1n) is 11.7. The van der Waals surface area contributed by atoms with E-state index in [0.29, 0.717) is 36.2 Å². The first-order valence-corrected chi connectivity index (χ1v) is 13.2. The molecule has 3 aromatic carbocycles. The molecule has 180 valence electrons. The van der Waals surface area contributed by atoms with Gasteiger partial charge in [-0.25, -0.2) is 13.4 Å². The van der Waals surface area contributed by atoms with Crippen molar-refractivity contribution < 1.29 is 13.2 Å². The van der Waals surface area contributed by atoms with Crippen molar-refractivity contribution >= 4 is 32.7 Å². The van der Waals surface area contributed by atoms with Gasteiger partial charge in [0.1, 0.15) is 5.82 Å². The Balaban J connectivity index is 1.35. The van der Waals surface area contributed by atoms with Crippen LogP contribution in [-0.2, 0) is 14.8 Å². The predicted molar refractivity (Wildman–Crippen MR) is 138 cm³/mol. The lowest BCUT2D eigenvalue weighted by atomic mass is 9.98. The first kappa shape index (κ1) is 23.3. The maximum Gasteiger partial charge on any atom is 0.243 e. The van der Waals surface area contributed by atoms with E-state index in [9.17, 15) is 13.2 Å². The largest absolute Gasteiger partial charge is 0.338 e. The number of nitrogens with zero attached hydrogens (tertiary/aromatic N) is 2. The summed E-state index contributed by atoms with van der Waals surface area (Å²) in [6, 6.07) is 20.5. The van der Waals surface area contributed by atoms with E-state index in [0.717, 1.165) is 22.4 Å². The second-order valence-corrected chi connectivity index (χ2v) is 11.1. The fourth-order valence-electron chi connectivity index (χ4n) is 4.59. The molecule has 1 aliphatic rings. The van der Waals surface area contributed by atoms with Crippen molar-refractivity contribution in [2.45, 2.75) is 31.6 Å².